The van der Waals surface area contributed by atoms with Gasteiger partial charge in [0.2, 0.25) is 0 Å². The minimum atomic E-state index is -0.249. The number of methoxy groups -OCH3 is 1. The third-order valence-electron chi connectivity index (χ3n) is 4.85. The molecule has 2 aromatic rings. The van der Waals surface area contributed by atoms with Crippen LogP contribution >= 0.6 is 0 Å². The van der Waals surface area contributed by atoms with Gasteiger partial charge in [-0.2, -0.15) is 0 Å². The highest BCUT2D eigenvalue weighted by molar-refractivity contribution is 5.85. The monoisotopic (exact) mass is 351 g/mol. The van der Waals surface area contributed by atoms with E-state index in [0.29, 0.717) is 6.61 Å². The van der Waals surface area contributed by atoms with Crippen molar-refractivity contribution >= 4 is 16.7 Å². The van der Waals surface area contributed by atoms with Crippen molar-refractivity contribution in [3.8, 4) is 17.6 Å². The van der Waals surface area contributed by atoms with E-state index in [1.54, 1.807) is 7.11 Å². The van der Waals surface area contributed by atoms with Crippen molar-refractivity contribution in [3.63, 3.8) is 0 Å². The minimum Gasteiger partial charge on any atom is -0.497 e. The summed E-state index contributed by atoms with van der Waals surface area (Å²) in [6.07, 6.45) is 2.04. The van der Waals surface area contributed by atoms with Gasteiger partial charge in [-0.1, -0.05) is 24.0 Å². The SMILES string of the molecule is CCOC(=O)C(C)N1CCCC1C#Cc1ccc2cc(OC)ccc2c1. The van der Waals surface area contributed by atoms with E-state index in [4.69, 9.17) is 9.47 Å². The zero-order chi connectivity index (χ0) is 18.5. The molecular formula is C22H25NO3. The number of carbonyl (C=O) groups excluding carboxylic acids is 1. The first-order chi connectivity index (χ1) is 12.6. The first kappa shape index (κ1) is 18.3. The van der Waals surface area contributed by atoms with Crippen LogP contribution in [0.2, 0.25) is 0 Å². The molecule has 1 aliphatic heterocycles. The normalized spacial score (nSPS) is 18.2. The van der Waals surface area contributed by atoms with Crippen LogP contribution in [-0.2, 0) is 9.53 Å². The van der Waals surface area contributed by atoms with Crippen LogP contribution in [0, 0.1) is 11.8 Å². The van der Waals surface area contributed by atoms with E-state index in [1.165, 1.54) is 0 Å². The standard InChI is InChI=1S/C22H25NO3/c1-4-26-22(24)16(2)23-13-5-6-20(23)11-8-17-7-9-19-15-21(25-3)12-10-18(19)14-17/h7,9-10,12,14-16,20H,4-6,13H2,1-3H3. The second-order valence-corrected chi connectivity index (χ2v) is 6.52. The van der Waals surface area contributed by atoms with Gasteiger partial charge >= 0.3 is 5.97 Å². The average Bonchev–Trinajstić information content (AvgIpc) is 3.13. The lowest BCUT2D eigenvalue weighted by Crippen LogP contribution is -2.42. The van der Waals surface area contributed by atoms with Crippen LogP contribution in [0.1, 0.15) is 32.3 Å². The Kier molecular flexibility index (Phi) is 5.80. The lowest BCUT2D eigenvalue weighted by atomic mass is 10.1. The molecule has 0 saturated carbocycles. The van der Waals surface area contributed by atoms with Gasteiger partial charge in [0.15, 0.2) is 0 Å². The summed E-state index contributed by atoms with van der Waals surface area (Å²) in [6, 6.07) is 12.1. The van der Waals surface area contributed by atoms with Crippen molar-refractivity contribution in [2.24, 2.45) is 0 Å². The Morgan fingerprint density at radius 2 is 2.04 bits per heavy atom. The van der Waals surface area contributed by atoms with Crippen LogP contribution in [0.15, 0.2) is 36.4 Å². The molecule has 136 valence electrons. The van der Waals surface area contributed by atoms with Gasteiger partial charge in [0, 0.05) is 12.1 Å². The number of ether oxygens (including phenoxy) is 2. The fourth-order valence-electron chi connectivity index (χ4n) is 3.40. The Morgan fingerprint density at radius 3 is 2.81 bits per heavy atom. The predicted molar refractivity (Wildman–Crippen MR) is 103 cm³/mol. The summed E-state index contributed by atoms with van der Waals surface area (Å²) >= 11 is 0. The Hall–Kier alpha value is -2.51. The van der Waals surface area contributed by atoms with Crippen LogP contribution in [0.4, 0.5) is 0 Å². The van der Waals surface area contributed by atoms with Crippen LogP contribution in [0.3, 0.4) is 0 Å². The molecule has 0 aromatic heterocycles. The molecule has 2 atom stereocenters. The number of rotatable bonds is 4. The Morgan fingerprint density at radius 1 is 1.27 bits per heavy atom. The second kappa shape index (κ2) is 8.25. The number of hydrogen-bond donors (Lipinski definition) is 0. The lowest BCUT2D eigenvalue weighted by molar-refractivity contribution is -0.148. The highest BCUT2D eigenvalue weighted by atomic mass is 16.5. The molecule has 4 heteroatoms. The van der Waals surface area contributed by atoms with Gasteiger partial charge < -0.3 is 9.47 Å². The van der Waals surface area contributed by atoms with E-state index in [1.807, 2.05) is 38.1 Å². The molecule has 0 amide bonds. The van der Waals surface area contributed by atoms with E-state index >= 15 is 0 Å². The lowest BCUT2D eigenvalue weighted by Gasteiger charge is -2.25. The van der Waals surface area contributed by atoms with Crippen molar-refractivity contribution in [2.45, 2.75) is 38.8 Å². The molecule has 4 nitrogen and oxygen atoms in total. The number of likely N-dealkylation sites (tertiary alicyclic amines) is 1. The number of benzene rings is 2. The van der Waals surface area contributed by atoms with Gasteiger partial charge in [-0.15, -0.1) is 0 Å². The number of carbonyl (C=O) groups is 1. The van der Waals surface area contributed by atoms with Crippen molar-refractivity contribution in [1.82, 2.24) is 4.90 Å². The summed E-state index contributed by atoms with van der Waals surface area (Å²) in [5.41, 5.74) is 0.985. The van der Waals surface area contributed by atoms with Gasteiger partial charge in [0.1, 0.15) is 11.8 Å². The number of hydrogen-bond acceptors (Lipinski definition) is 4. The van der Waals surface area contributed by atoms with Crippen molar-refractivity contribution in [3.05, 3.63) is 42.0 Å². The van der Waals surface area contributed by atoms with E-state index in [2.05, 4.69) is 28.9 Å². The van der Waals surface area contributed by atoms with Crippen molar-refractivity contribution < 1.29 is 14.3 Å². The summed E-state index contributed by atoms with van der Waals surface area (Å²) in [5.74, 6) is 7.33. The smallest absolute Gasteiger partial charge is 0.323 e. The molecule has 1 aliphatic rings. The largest absolute Gasteiger partial charge is 0.497 e. The van der Waals surface area contributed by atoms with Gasteiger partial charge in [-0.05, 0) is 61.7 Å². The van der Waals surface area contributed by atoms with Gasteiger partial charge in [-0.3, -0.25) is 9.69 Å². The van der Waals surface area contributed by atoms with Crippen LogP contribution in [-0.4, -0.2) is 43.2 Å². The van der Waals surface area contributed by atoms with Gasteiger partial charge in [0.25, 0.3) is 0 Å². The molecule has 0 N–H and O–H groups in total. The highest BCUT2D eigenvalue weighted by Crippen LogP contribution is 2.23. The molecule has 0 spiro atoms. The first-order valence-corrected chi connectivity index (χ1v) is 9.14. The van der Waals surface area contributed by atoms with Crippen LogP contribution < -0.4 is 4.74 Å². The topological polar surface area (TPSA) is 38.8 Å². The Bertz CT molecular complexity index is 849. The van der Waals surface area contributed by atoms with Crippen molar-refractivity contribution in [1.29, 1.82) is 0 Å². The van der Waals surface area contributed by atoms with E-state index < -0.39 is 0 Å². The van der Waals surface area contributed by atoms with Crippen LogP contribution in [0.5, 0.6) is 5.75 Å². The fourth-order valence-corrected chi connectivity index (χ4v) is 3.40. The third kappa shape index (κ3) is 4.00. The van der Waals surface area contributed by atoms with Crippen LogP contribution in [0.25, 0.3) is 10.8 Å². The average molecular weight is 351 g/mol. The summed E-state index contributed by atoms with van der Waals surface area (Å²) < 4.78 is 10.4. The Balaban J connectivity index is 1.77. The van der Waals surface area contributed by atoms with Gasteiger partial charge in [-0.25, -0.2) is 0 Å². The molecular weight excluding hydrogens is 326 g/mol. The predicted octanol–water partition coefficient (Wildman–Crippen LogP) is 3.62. The van der Waals surface area contributed by atoms with E-state index in [-0.39, 0.29) is 18.1 Å². The first-order valence-electron chi connectivity index (χ1n) is 9.14. The molecule has 1 saturated heterocycles. The molecule has 1 heterocycles. The number of fused-ring (bicyclic) bond motifs is 1. The summed E-state index contributed by atoms with van der Waals surface area (Å²) in [5, 5.41) is 2.27. The fraction of sp³-hybridized carbons (Fsp3) is 0.409. The Labute approximate surface area is 155 Å². The van der Waals surface area contributed by atoms with Gasteiger partial charge in [0.05, 0.1) is 19.8 Å². The minimum absolute atomic E-state index is 0.0981. The number of nitrogens with zero attached hydrogens (tertiary/aromatic N) is 1. The summed E-state index contributed by atoms with van der Waals surface area (Å²) in [7, 11) is 1.67. The molecule has 0 bridgehead atoms. The molecule has 2 unspecified atom stereocenters. The zero-order valence-corrected chi connectivity index (χ0v) is 15.6. The van der Waals surface area contributed by atoms with E-state index in [9.17, 15) is 4.79 Å². The molecule has 2 aromatic carbocycles. The maximum atomic E-state index is 12.0. The summed E-state index contributed by atoms with van der Waals surface area (Å²) in [6.45, 7) is 5.04. The highest BCUT2D eigenvalue weighted by Gasteiger charge is 2.31. The second-order valence-electron chi connectivity index (χ2n) is 6.52. The molecule has 26 heavy (non-hydrogen) atoms. The quantitative estimate of drug-likeness (QED) is 0.623. The number of esters is 1. The molecule has 3 rings (SSSR count). The molecule has 1 fully saturated rings. The van der Waals surface area contributed by atoms with Crippen molar-refractivity contribution in [2.75, 3.05) is 20.3 Å². The molecule has 0 aliphatic carbocycles. The maximum Gasteiger partial charge on any atom is 0.323 e. The maximum absolute atomic E-state index is 12.0. The van der Waals surface area contributed by atoms with E-state index in [0.717, 1.165) is 41.5 Å². The third-order valence-corrected chi connectivity index (χ3v) is 4.85. The zero-order valence-electron chi connectivity index (χ0n) is 15.6. The molecule has 0 radical (unpaired) electrons. The summed E-state index contributed by atoms with van der Waals surface area (Å²) in [4.78, 5) is 14.2.